The quantitative estimate of drug-likeness (QED) is 0.0270. The van der Waals surface area contributed by atoms with E-state index in [1.807, 2.05) is 76.2 Å². The number of ether oxygens (including phenoxy) is 2. The maximum Gasteiger partial charge on any atom is 0.373 e. The monoisotopic (exact) mass is 1920 g/mol. The third-order valence-electron chi connectivity index (χ3n) is 19.2. The number of nitrogens with two attached hydrogens (primary N) is 4. The second kappa shape index (κ2) is 128. The molecule has 15 N–H and O–H groups in total. The fraction of sp³-hybridized carbons (Fsp3) is 0.938. The molecule has 0 aromatic carbocycles. The summed E-state index contributed by atoms with van der Waals surface area (Å²) in [5.74, 6) is 11.7. The average molecular weight is 1920 g/mol. The van der Waals surface area contributed by atoms with Crippen molar-refractivity contribution in [3.8, 4) is 0 Å². The van der Waals surface area contributed by atoms with Crippen molar-refractivity contribution in [1.29, 1.82) is 0 Å². The largest absolute Gasteiger partial charge is 0.481 e. The van der Waals surface area contributed by atoms with Crippen LogP contribution in [-0.4, -0.2) is 139 Å². The summed E-state index contributed by atoms with van der Waals surface area (Å²) < 4.78 is 9.71. The maximum absolute atomic E-state index is 11.8. The van der Waals surface area contributed by atoms with Crippen molar-refractivity contribution >= 4 is 41.7 Å². The highest BCUT2D eigenvalue weighted by molar-refractivity contribution is 5.89. The number of carboxylic acids is 1. The van der Waals surface area contributed by atoms with Crippen LogP contribution >= 0.6 is 0 Å². The van der Waals surface area contributed by atoms with Crippen molar-refractivity contribution in [1.82, 2.24) is 21.3 Å². The normalized spacial score (nSPS) is 12.3. The summed E-state index contributed by atoms with van der Waals surface area (Å²) in [6, 6.07) is 0.843. The first-order valence-electron chi connectivity index (χ1n) is 53.1. The van der Waals surface area contributed by atoms with E-state index < -0.39 is 24.2 Å². The number of hydrogen-bond acceptors (Lipinski definition) is 15. The molecule has 0 aliphatic carbocycles. The number of aliphatic hydroxyl groups is 2. The minimum absolute atomic E-state index is 0.0631. The van der Waals surface area contributed by atoms with Crippen LogP contribution in [0.25, 0.3) is 0 Å². The second-order valence-corrected chi connectivity index (χ2v) is 43.1. The molecule has 0 spiro atoms. The number of carboxylic acid groups (broad SMARTS) is 1. The van der Waals surface area contributed by atoms with Crippen LogP contribution in [0.1, 0.15) is 500 Å². The van der Waals surface area contributed by atoms with E-state index in [9.17, 15) is 33.9 Å². The summed E-state index contributed by atoms with van der Waals surface area (Å²) in [4.78, 5) is 81.5. The Hall–Kier alpha value is -4.08. The first-order chi connectivity index (χ1) is 60.9. The summed E-state index contributed by atoms with van der Waals surface area (Å²) in [7, 11) is 3.48. The third-order valence-corrected chi connectivity index (χ3v) is 19.2. The fourth-order valence-corrected chi connectivity index (χ4v) is 10.4. The van der Waals surface area contributed by atoms with Crippen molar-refractivity contribution < 1.29 is 63.1 Å². The van der Waals surface area contributed by atoms with E-state index in [2.05, 4.69) is 271 Å². The Morgan fingerprint density at radius 2 is 0.632 bits per heavy atom. The van der Waals surface area contributed by atoms with Crippen LogP contribution in [0.4, 0.5) is 4.79 Å². The van der Waals surface area contributed by atoms with E-state index in [-0.39, 0.29) is 53.6 Å². The van der Waals surface area contributed by atoms with Gasteiger partial charge >= 0.3 is 18.2 Å². The molecule has 9 unspecified atom stereocenters. The molecule has 0 aromatic rings. The highest BCUT2D eigenvalue weighted by atomic mass is 16.5. The van der Waals surface area contributed by atoms with Gasteiger partial charge < -0.3 is 69.0 Å². The Kier molecular flexibility index (Phi) is 162. The number of rotatable bonds is 46. The van der Waals surface area contributed by atoms with Crippen molar-refractivity contribution in [3.63, 3.8) is 0 Å². The highest BCUT2D eigenvalue weighted by Crippen LogP contribution is 2.16. The van der Waals surface area contributed by atoms with Crippen LogP contribution in [0.15, 0.2) is 0 Å². The van der Waals surface area contributed by atoms with Gasteiger partial charge in [-0.1, -0.05) is 342 Å². The topological polar surface area (TPSA) is 368 Å². The second-order valence-electron chi connectivity index (χ2n) is 43.1. The van der Waals surface area contributed by atoms with Gasteiger partial charge in [-0.3, -0.25) is 24.0 Å². The van der Waals surface area contributed by atoms with Gasteiger partial charge in [-0.05, 0) is 238 Å². The third kappa shape index (κ3) is 230. The van der Waals surface area contributed by atoms with Crippen LogP contribution in [0.5, 0.6) is 0 Å². The number of primary amides is 1. The van der Waals surface area contributed by atoms with Gasteiger partial charge in [0.1, 0.15) is 0 Å². The average Bonchev–Trinajstić information content (AvgIpc) is 0.904. The molecule has 0 aromatic heterocycles. The zero-order valence-corrected chi connectivity index (χ0v) is 99.0. The molecule has 21 heteroatoms. The Balaban J connectivity index is -0.0000000726. The molecular formula is C112H250N8O13. The molecule has 0 saturated heterocycles. The van der Waals surface area contributed by atoms with Gasteiger partial charge in [0.05, 0.1) is 24.2 Å². The molecule has 0 radical (unpaired) electrons. The van der Waals surface area contributed by atoms with Gasteiger partial charge in [0, 0.05) is 84.3 Å². The van der Waals surface area contributed by atoms with Crippen LogP contribution in [0.3, 0.4) is 0 Å². The van der Waals surface area contributed by atoms with Gasteiger partial charge in [0.25, 0.3) is 0 Å². The molecule has 0 saturated carbocycles. The number of urea groups is 1. The number of amides is 5. The van der Waals surface area contributed by atoms with Gasteiger partial charge in [-0.25, -0.2) is 4.79 Å². The van der Waals surface area contributed by atoms with Crippen molar-refractivity contribution in [3.05, 3.63) is 0 Å². The molecule has 9 atom stereocenters. The number of methoxy groups -OCH3 is 2. The number of ketones is 1. The number of aliphatic hydroxyl groups excluding tert-OH is 2. The number of carbonyl (C=O) groups is 6. The SMILES string of the molecule is CC(=O)NC(C)CC(C)C.CC(=O)NC(C)CCC(C)C.CC(C)C(C)C.CC(C)CC(C)N.CC(C)CC(C)NC(N)=O.CC(C)CCC(C)N.CCC(C(=O)O)C(C)C.CCC(C)C.CCC(C)C.CCC(O)C(O)CC(C)C.CCCC(=O)C(CC(C)C)NC(=O)CCCN.CCCC(C)C.CCCC(C)C.CCCC(C)C.COCCC(C)C.COCCC(C)C.O=C=O. The molecule has 0 aliphatic heterocycles. The molecule has 0 heterocycles. The fourth-order valence-electron chi connectivity index (χ4n) is 10.4. The Morgan fingerprint density at radius 1 is 0.331 bits per heavy atom. The number of carbonyl (C=O) groups excluding carboxylic acids is 7. The minimum atomic E-state index is -0.674. The standard InChI is InChI=1S/C13H26N2O2.C9H19NO.C8H17NO.C8H18O2.C7H16N2O.C7H17N.C7H14O2.C6H15N.2C6H14O.4C6H14.2C5H12.CO2/c1-4-6-12(16)11(9-10(2)3)15-13(17)7-5-8-14;1-7(2)5-6-8(3)10-9(4)11;1-6(2)5-7(3)9-8(4)10;1-4-7(9)8(10)5-6(2)3;1-5(2)4-6(3)9-7(8)10;1-6(2)4-5-7(3)8;1-4-6(5(2)3)7(8)9;1-5(2)4-6(3)7;2*1-6(2)4-5-7-3;1-5(2)6(3)4;3*1-4-5-6(2)3;2*1-4-5(2)3;2-1-3/h10-11H,4-9,14H2,1-3H3,(H,15,17);7-8H,5-6H2,1-4H3,(H,10,11);6-7H,5H2,1-4H3,(H,9,10);6-10H,4-5H2,1-3H3;5-6H,4H2,1-3H3,(H3,8,9,10);6-7H,4-5,8H2,1-3H3;5-6H,4H2,1-3H3,(H,8,9);5-6H,4,7H2,1-3H3;2*6H,4-5H2,1-3H3;5-6H,1-4H3;3*6H,4-5H2,1-3H3;2*5H,4H2,1-3H3;. The van der Waals surface area contributed by atoms with Crippen molar-refractivity contribution in [2.45, 2.75) is 548 Å². The van der Waals surface area contributed by atoms with Gasteiger partial charge in [0.15, 0.2) is 5.78 Å². The van der Waals surface area contributed by atoms with E-state index >= 15 is 0 Å². The van der Waals surface area contributed by atoms with E-state index in [0.29, 0.717) is 92.9 Å². The molecule has 0 bridgehead atoms. The Bertz CT molecular complexity index is 2180. The summed E-state index contributed by atoms with van der Waals surface area (Å²) in [5.41, 5.74) is 21.3. The van der Waals surface area contributed by atoms with E-state index in [1.165, 1.54) is 77.0 Å². The lowest BCUT2D eigenvalue weighted by Crippen LogP contribution is -2.41. The van der Waals surface area contributed by atoms with E-state index in [4.69, 9.17) is 52.2 Å². The first kappa shape index (κ1) is 168. The van der Waals surface area contributed by atoms with Crippen LogP contribution in [-0.2, 0) is 43.0 Å². The molecule has 0 fully saturated rings. The predicted octanol–water partition coefficient (Wildman–Crippen LogP) is 28.8. The maximum atomic E-state index is 11.8. The summed E-state index contributed by atoms with van der Waals surface area (Å²) >= 11 is 0. The Labute approximate surface area is 833 Å². The number of hydrogen-bond donors (Lipinski definition) is 11. The molecular weight excluding hydrogens is 1670 g/mol. The summed E-state index contributed by atoms with van der Waals surface area (Å²) in [5, 5.41) is 38.0. The van der Waals surface area contributed by atoms with Crippen LogP contribution in [0.2, 0.25) is 0 Å². The van der Waals surface area contributed by atoms with Gasteiger partial charge in [-0.15, -0.1) is 0 Å². The molecule has 5 amide bonds. The Morgan fingerprint density at radius 3 is 0.797 bits per heavy atom. The number of nitrogens with one attached hydrogen (secondary N) is 4. The number of aliphatic carboxylic acids is 1. The molecule has 0 aliphatic rings. The molecule has 21 nitrogen and oxygen atoms in total. The number of Topliss-reactive ketones (excluding diaryl/α,β-unsaturated/α-hetero) is 1. The smallest absolute Gasteiger partial charge is 0.373 e. The van der Waals surface area contributed by atoms with Crippen LogP contribution in [0, 0.1) is 107 Å². The molecule has 0 rings (SSSR count). The first-order valence-corrected chi connectivity index (χ1v) is 53.1. The summed E-state index contributed by atoms with van der Waals surface area (Å²) in [6.45, 7) is 106. The van der Waals surface area contributed by atoms with Gasteiger partial charge in [-0.2, -0.15) is 9.59 Å². The predicted molar refractivity (Wildman–Crippen MR) is 587 cm³/mol. The lowest BCUT2D eigenvalue weighted by atomic mass is 9.94. The minimum Gasteiger partial charge on any atom is -0.481 e. The van der Waals surface area contributed by atoms with Crippen molar-refractivity contribution in [2.75, 3.05) is 34.0 Å². The van der Waals surface area contributed by atoms with E-state index in [1.54, 1.807) is 28.1 Å². The highest BCUT2D eigenvalue weighted by Gasteiger charge is 2.22. The zero-order valence-electron chi connectivity index (χ0n) is 99.0. The zero-order chi connectivity index (χ0) is 109. The molecule has 816 valence electrons. The lowest BCUT2D eigenvalue weighted by Gasteiger charge is -2.19. The van der Waals surface area contributed by atoms with Gasteiger partial charge in [0.2, 0.25) is 17.7 Å². The lowest BCUT2D eigenvalue weighted by molar-refractivity contribution is -0.192. The van der Waals surface area contributed by atoms with Crippen molar-refractivity contribution in [2.24, 2.45) is 129 Å². The molecule has 133 heavy (non-hydrogen) atoms. The van der Waals surface area contributed by atoms with E-state index in [0.717, 1.165) is 129 Å². The van der Waals surface area contributed by atoms with Crippen LogP contribution < -0.4 is 44.2 Å². The summed E-state index contributed by atoms with van der Waals surface area (Å²) in [6.07, 6.45) is 25.3.